The molecule has 76 valence electrons. The van der Waals surface area contributed by atoms with E-state index in [-0.39, 0.29) is 0 Å². The maximum absolute atomic E-state index is 5.34. The van der Waals surface area contributed by atoms with Gasteiger partial charge in [-0.05, 0) is 12.1 Å². The molecule has 0 fully saturated rings. The van der Waals surface area contributed by atoms with Crippen LogP contribution < -0.4 is 0 Å². The van der Waals surface area contributed by atoms with Crippen molar-refractivity contribution in [2.45, 2.75) is 0 Å². The van der Waals surface area contributed by atoms with Gasteiger partial charge >= 0.3 is 0 Å². The number of hydrogen-bond donors (Lipinski definition) is 0. The lowest BCUT2D eigenvalue weighted by Gasteiger charge is -2.00. The second-order valence-corrected chi connectivity index (χ2v) is 2.98. The normalized spacial score (nSPS) is 10.7. The fourth-order valence-electron chi connectivity index (χ4n) is 1.38. The van der Waals surface area contributed by atoms with Gasteiger partial charge in [-0.3, -0.25) is 0 Å². The van der Waals surface area contributed by atoms with Gasteiger partial charge in [0.25, 0.3) is 0 Å². The minimum atomic E-state index is 0.827. The molecule has 2 rings (SSSR count). The van der Waals surface area contributed by atoms with Crippen molar-refractivity contribution >= 4 is 6.21 Å². The smallest absolute Gasteiger partial charge is 0.134 e. The maximum Gasteiger partial charge on any atom is 0.134 e. The third-order valence-electron chi connectivity index (χ3n) is 2.04. The fraction of sp³-hybridized carbons (Fsp3) is 0.0833. The van der Waals surface area contributed by atoms with Crippen LogP contribution in [0.3, 0.4) is 0 Å². The lowest BCUT2D eigenvalue weighted by Crippen LogP contribution is -1.86. The second kappa shape index (κ2) is 4.46. The predicted octanol–water partition coefficient (Wildman–Crippen LogP) is 2.93. The van der Waals surface area contributed by atoms with E-state index in [0.29, 0.717) is 0 Å². The maximum atomic E-state index is 5.34. The molecule has 0 saturated heterocycles. The molecule has 1 heterocycles. The summed E-state index contributed by atoms with van der Waals surface area (Å²) in [7, 11) is 1.52. The van der Waals surface area contributed by atoms with Crippen molar-refractivity contribution in [1.29, 1.82) is 0 Å². The van der Waals surface area contributed by atoms with Crippen molar-refractivity contribution in [3.8, 4) is 11.3 Å². The fourth-order valence-corrected chi connectivity index (χ4v) is 1.38. The van der Waals surface area contributed by atoms with Crippen LogP contribution in [0, 0.1) is 0 Å². The first-order valence-corrected chi connectivity index (χ1v) is 4.61. The Kier molecular flexibility index (Phi) is 2.83. The molecular weight excluding hydrogens is 190 g/mol. The van der Waals surface area contributed by atoms with Crippen molar-refractivity contribution in [2.75, 3.05) is 7.11 Å². The van der Waals surface area contributed by atoms with E-state index >= 15 is 0 Å². The highest BCUT2D eigenvalue weighted by Crippen LogP contribution is 2.22. The quantitative estimate of drug-likeness (QED) is 0.565. The van der Waals surface area contributed by atoms with E-state index in [4.69, 9.17) is 4.42 Å². The number of hydrogen-bond acceptors (Lipinski definition) is 3. The van der Waals surface area contributed by atoms with Gasteiger partial charge in [-0.1, -0.05) is 29.4 Å². The van der Waals surface area contributed by atoms with Crippen molar-refractivity contribution in [1.82, 2.24) is 0 Å². The molecule has 3 heteroatoms. The van der Waals surface area contributed by atoms with Gasteiger partial charge < -0.3 is 9.25 Å². The molecule has 0 unspecified atom stereocenters. The predicted molar refractivity (Wildman–Crippen MR) is 58.7 cm³/mol. The molecule has 1 aromatic carbocycles. The molecule has 0 radical (unpaired) electrons. The Balaban J connectivity index is 2.43. The van der Waals surface area contributed by atoms with Crippen LogP contribution in [-0.2, 0) is 4.84 Å². The first kappa shape index (κ1) is 9.52. The van der Waals surface area contributed by atoms with E-state index in [0.717, 1.165) is 16.9 Å². The summed E-state index contributed by atoms with van der Waals surface area (Å²) in [5, 5.41) is 3.75. The highest BCUT2D eigenvalue weighted by Gasteiger charge is 2.04. The molecule has 0 aliphatic carbocycles. The van der Waals surface area contributed by atoms with Gasteiger partial charge in [-0.2, -0.15) is 0 Å². The molecular formula is C12H11NO2. The molecule has 0 atom stereocenters. The highest BCUT2D eigenvalue weighted by atomic mass is 16.6. The first-order chi connectivity index (χ1) is 7.42. The van der Waals surface area contributed by atoms with Gasteiger partial charge in [0.15, 0.2) is 0 Å². The average Bonchev–Trinajstić information content (AvgIpc) is 2.80. The molecule has 0 amide bonds. The van der Waals surface area contributed by atoms with Crippen LogP contribution in [0.2, 0.25) is 0 Å². The average molecular weight is 201 g/mol. The van der Waals surface area contributed by atoms with Crippen molar-refractivity contribution in [3.05, 3.63) is 48.2 Å². The van der Waals surface area contributed by atoms with Crippen LogP contribution in [0.4, 0.5) is 0 Å². The summed E-state index contributed by atoms with van der Waals surface area (Å²) in [5.74, 6) is 0.827. The summed E-state index contributed by atoms with van der Waals surface area (Å²) in [4.78, 5) is 4.66. The summed E-state index contributed by atoms with van der Waals surface area (Å²) in [6.07, 6.45) is 3.32. The number of nitrogens with zero attached hydrogens (tertiary/aromatic N) is 1. The van der Waals surface area contributed by atoms with Gasteiger partial charge in [0, 0.05) is 11.1 Å². The van der Waals surface area contributed by atoms with Crippen molar-refractivity contribution < 1.29 is 9.25 Å². The van der Waals surface area contributed by atoms with Crippen molar-refractivity contribution in [3.63, 3.8) is 0 Å². The van der Waals surface area contributed by atoms with E-state index in [1.54, 1.807) is 12.5 Å². The largest absolute Gasteiger partial charge is 0.464 e. The van der Waals surface area contributed by atoms with Gasteiger partial charge in [0.1, 0.15) is 12.9 Å². The molecule has 0 saturated carbocycles. The molecule has 2 aromatic rings. The molecule has 0 N–H and O–H groups in total. The van der Waals surface area contributed by atoms with E-state index in [2.05, 4.69) is 9.99 Å². The third kappa shape index (κ3) is 2.07. The first-order valence-electron chi connectivity index (χ1n) is 4.61. The van der Waals surface area contributed by atoms with Crippen LogP contribution >= 0.6 is 0 Å². The Labute approximate surface area is 88.0 Å². The highest BCUT2D eigenvalue weighted by molar-refractivity contribution is 5.88. The SMILES string of the molecule is CON=Cc1ccccc1-c1ccco1. The number of rotatable bonds is 3. The molecule has 15 heavy (non-hydrogen) atoms. The molecule has 0 aliphatic rings. The molecule has 0 spiro atoms. The van der Waals surface area contributed by atoms with Gasteiger partial charge in [0.2, 0.25) is 0 Å². The zero-order chi connectivity index (χ0) is 10.5. The summed E-state index contributed by atoms with van der Waals surface area (Å²) >= 11 is 0. The molecule has 1 aromatic heterocycles. The number of oxime groups is 1. The van der Waals surface area contributed by atoms with Crippen LogP contribution in [0.5, 0.6) is 0 Å². The summed E-state index contributed by atoms with van der Waals surface area (Å²) in [6.45, 7) is 0. The topological polar surface area (TPSA) is 34.7 Å². The Hall–Kier alpha value is -2.03. The van der Waals surface area contributed by atoms with E-state index in [1.165, 1.54) is 7.11 Å². The van der Waals surface area contributed by atoms with E-state index in [1.807, 2.05) is 36.4 Å². The zero-order valence-electron chi connectivity index (χ0n) is 8.38. The van der Waals surface area contributed by atoms with Crippen LogP contribution in [-0.4, -0.2) is 13.3 Å². The van der Waals surface area contributed by atoms with Crippen LogP contribution in [0.15, 0.2) is 52.2 Å². The summed E-state index contributed by atoms with van der Waals surface area (Å²) in [5.41, 5.74) is 1.97. The second-order valence-electron chi connectivity index (χ2n) is 2.98. The van der Waals surface area contributed by atoms with Gasteiger partial charge in [-0.15, -0.1) is 0 Å². The van der Waals surface area contributed by atoms with Crippen molar-refractivity contribution in [2.24, 2.45) is 5.16 Å². The summed E-state index contributed by atoms with van der Waals surface area (Å²) < 4.78 is 5.34. The Morgan fingerprint density at radius 2 is 2.07 bits per heavy atom. The third-order valence-corrected chi connectivity index (χ3v) is 2.04. The molecule has 3 nitrogen and oxygen atoms in total. The Morgan fingerprint density at radius 1 is 1.20 bits per heavy atom. The minimum Gasteiger partial charge on any atom is -0.464 e. The lowest BCUT2D eigenvalue weighted by atomic mass is 10.1. The van der Waals surface area contributed by atoms with Gasteiger partial charge in [0.05, 0.1) is 12.5 Å². The Bertz CT molecular complexity index is 446. The molecule has 0 aliphatic heterocycles. The summed E-state index contributed by atoms with van der Waals surface area (Å²) in [6, 6.07) is 11.6. The Morgan fingerprint density at radius 3 is 2.80 bits per heavy atom. The lowest BCUT2D eigenvalue weighted by molar-refractivity contribution is 0.215. The standard InChI is InChI=1S/C12H11NO2/c1-14-13-9-10-5-2-3-6-11(10)12-7-4-8-15-12/h2-9H,1H3. The molecule has 0 bridgehead atoms. The zero-order valence-corrected chi connectivity index (χ0v) is 8.38. The van der Waals surface area contributed by atoms with Crippen LogP contribution in [0.25, 0.3) is 11.3 Å². The monoisotopic (exact) mass is 201 g/mol. The number of furan rings is 1. The van der Waals surface area contributed by atoms with E-state index < -0.39 is 0 Å². The van der Waals surface area contributed by atoms with E-state index in [9.17, 15) is 0 Å². The van der Waals surface area contributed by atoms with Gasteiger partial charge in [-0.25, -0.2) is 0 Å². The minimum absolute atomic E-state index is 0.827. The van der Waals surface area contributed by atoms with Crippen LogP contribution in [0.1, 0.15) is 5.56 Å². The number of benzene rings is 1.